The molecule has 2 rings (SSSR count). The van der Waals surface area contributed by atoms with Crippen LogP contribution < -0.4 is 20.7 Å². The molecule has 0 saturated heterocycles. The van der Waals surface area contributed by atoms with Gasteiger partial charge in [0.1, 0.15) is 11.4 Å². The van der Waals surface area contributed by atoms with Crippen LogP contribution in [0.4, 0.5) is 4.79 Å². The third-order valence-electron chi connectivity index (χ3n) is 4.15. The smallest absolute Gasteiger partial charge is 0.407 e. The van der Waals surface area contributed by atoms with E-state index < -0.39 is 11.7 Å². The molecule has 0 heterocycles. The molecule has 1 fully saturated rings. The van der Waals surface area contributed by atoms with E-state index in [2.05, 4.69) is 46.1 Å². The minimum absolute atomic E-state index is 0. The first kappa shape index (κ1) is 25.3. The Balaban J connectivity index is 0.00000420. The molecule has 1 aromatic rings. The summed E-state index contributed by atoms with van der Waals surface area (Å²) in [6.45, 7) is 9.96. The Morgan fingerprint density at radius 2 is 1.86 bits per heavy atom. The van der Waals surface area contributed by atoms with Crippen molar-refractivity contribution in [3.8, 4) is 5.75 Å². The predicted molar refractivity (Wildman–Crippen MR) is 127 cm³/mol. The number of aliphatic imine (C=N–C) groups is 1. The Bertz CT molecular complexity index is 685. The van der Waals surface area contributed by atoms with Gasteiger partial charge in [-0.2, -0.15) is 0 Å². The van der Waals surface area contributed by atoms with E-state index in [-0.39, 0.29) is 24.0 Å². The number of benzene rings is 1. The van der Waals surface area contributed by atoms with Crippen molar-refractivity contribution in [2.24, 2.45) is 10.9 Å². The average Bonchev–Trinajstić information content (AvgIpc) is 3.43. The zero-order valence-corrected chi connectivity index (χ0v) is 20.5. The number of amides is 1. The van der Waals surface area contributed by atoms with Crippen LogP contribution in [0.3, 0.4) is 0 Å². The molecule has 0 bridgehead atoms. The average molecular weight is 518 g/mol. The van der Waals surface area contributed by atoms with E-state index in [4.69, 9.17) is 9.47 Å². The second-order valence-corrected chi connectivity index (χ2v) is 8.15. The molecule has 0 aliphatic heterocycles. The van der Waals surface area contributed by atoms with Crippen molar-refractivity contribution in [3.63, 3.8) is 0 Å². The lowest BCUT2D eigenvalue weighted by Crippen LogP contribution is -2.42. The van der Waals surface area contributed by atoms with Gasteiger partial charge in [-0.25, -0.2) is 4.79 Å². The molecule has 0 unspecified atom stereocenters. The predicted octanol–water partition coefficient (Wildman–Crippen LogP) is 3.59. The van der Waals surface area contributed by atoms with Crippen LogP contribution in [-0.4, -0.2) is 44.4 Å². The molecule has 1 saturated carbocycles. The molecular weight excluding hydrogens is 483 g/mol. The molecule has 7 nitrogen and oxygen atoms in total. The van der Waals surface area contributed by atoms with Gasteiger partial charge in [-0.3, -0.25) is 4.99 Å². The Morgan fingerprint density at radius 3 is 2.48 bits per heavy atom. The highest BCUT2D eigenvalue weighted by atomic mass is 127. The number of carbonyl (C=O) groups is 1. The third-order valence-corrected chi connectivity index (χ3v) is 4.15. The van der Waals surface area contributed by atoms with Crippen LogP contribution in [0.2, 0.25) is 0 Å². The fourth-order valence-corrected chi connectivity index (χ4v) is 2.49. The molecule has 29 heavy (non-hydrogen) atoms. The van der Waals surface area contributed by atoms with Crippen LogP contribution in [0.1, 0.15) is 44.7 Å². The van der Waals surface area contributed by atoms with E-state index in [1.165, 1.54) is 18.4 Å². The molecule has 164 valence electrons. The Hall–Kier alpha value is -1.71. The van der Waals surface area contributed by atoms with Gasteiger partial charge < -0.3 is 25.4 Å². The summed E-state index contributed by atoms with van der Waals surface area (Å²) in [7, 11) is 1.72. The first-order chi connectivity index (χ1) is 13.3. The fraction of sp³-hybridized carbons (Fsp3) is 0.619. The first-order valence-corrected chi connectivity index (χ1v) is 9.90. The Labute approximate surface area is 191 Å². The number of nitrogens with one attached hydrogen (secondary N) is 3. The van der Waals surface area contributed by atoms with Crippen molar-refractivity contribution in [1.29, 1.82) is 0 Å². The number of rotatable bonds is 8. The Kier molecular flexibility index (Phi) is 10.6. The summed E-state index contributed by atoms with van der Waals surface area (Å²) < 4.78 is 11.2. The van der Waals surface area contributed by atoms with E-state index in [0.29, 0.717) is 31.5 Å². The lowest BCUT2D eigenvalue weighted by molar-refractivity contribution is 0.0529. The molecule has 0 radical (unpaired) electrons. The minimum atomic E-state index is -0.498. The maximum atomic E-state index is 11.6. The molecule has 1 aliphatic carbocycles. The quantitative estimate of drug-likeness (QED) is 0.212. The second kappa shape index (κ2) is 12.1. The van der Waals surface area contributed by atoms with Crippen molar-refractivity contribution >= 4 is 36.0 Å². The summed E-state index contributed by atoms with van der Waals surface area (Å²) in [4.78, 5) is 15.9. The largest absolute Gasteiger partial charge is 0.493 e. The number of alkyl carbamates (subject to hydrolysis) is 1. The van der Waals surface area contributed by atoms with Crippen molar-refractivity contribution in [1.82, 2.24) is 16.0 Å². The monoisotopic (exact) mass is 518 g/mol. The fourth-order valence-electron chi connectivity index (χ4n) is 2.49. The van der Waals surface area contributed by atoms with Gasteiger partial charge in [-0.15, -0.1) is 24.0 Å². The normalized spacial score (nSPS) is 13.9. The van der Waals surface area contributed by atoms with Crippen LogP contribution in [-0.2, 0) is 11.3 Å². The van der Waals surface area contributed by atoms with Gasteiger partial charge in [-0.05, 0) is 58.1 Å². The summed E-state index contributed by atoms with van der Waals surface area (Å²) in [5.41, 5.74) is 1.79. The number of ether oxygens (including phenoxy) is 2. The Morgan fingerprint density at radius 1 is 1.17 bits per heavy atom. The SMILES string of the molecule is CN=C(NCCNC(=O)OC(C)(C)C)NCc1ccc(C)cc1OCC1CC1.I. The second-order valence-electron chi connectivity index (χ2n) is 8.15. The van der Waals surface area contributed by atoms with E-state index >= 15 is 0 Å². The number of aryl methyl sites for hydroxylation is 1. The summed E-state index contributed by atoms with van der Waals surface area (Å²) >= 11 is 0. The van der Waals surface area contributed by atoms with Crippen LogP contribution >= 0.6 is 24.0 Å². The molecule has 1 aliphatic rings. The van der Waals surface area contributed by atoms with Crippen molar-refractivity contribution in [3.05, 3.63) is 29.3 Å². The van der Waals surface area contributed by atoms with Crippen molar-refractivity contribution in [2.45, 2.75) is 52.7 Å². The molecule has 0 spiro atoms. The van der Waals surface area contributed by atoms with Gasteiger partial charge in [0.15, 0.2) is 5.96 Å². The summed E-state index contributed by atoms with van der Waals surface area (Å²) in [6, 6.07) is 6.25. The highest BCUT2D eigenvalue weighted by Gasteiger charge is 2.22. The van der Waals surface area contributed by atoms with Crippen LogP contribution in [0, 0.1) is 12.8 Å². The molecule has 1 amide bonds. The maximum Gasteiger partial charge on any atom is 0.407 e. The van der Waals surface area contributed by atoms with Crippen LogP contribution in [0.25, 0.3) is 0 Å². The van der Waals surface area contributed by atoms with E-state index in [9.17, 15) is 4.79 Å². The molecular formula is C21H35IN4O3. The van der Waals surface area contributed by atoms with Crippen molar-refractivity contribution in [2.75, 3.05) is 26.7 Å². The van der Waals surface area contributed by atoms with Crippen molar-refractivity contribution < 1.29 is 14.3 Å². The van der Waals surface area contributed by atoms with Crippen LogP contribution in [0.5, 0.6) is 5.75 Å². The zero-order chi connectivity index (χ0) is 20.6. The highest BCUT2D eigenvalue weighted by Crippen LogP contribution is 2.30. The lowest BCUT2D eigenvalue weighted by atomic mass is 10.1. The molecule has 1 aromatic carbocycles. The van der Waals surface area contributed by atoms with E-state index in [1.54, 1.807) is 7.05 Å². The summed E-state index contributed by atoms with van der Waals surface area (Å²) in [5.74, 6) is 2.31. The molecule has 3 N–H and O–H groups in total. The number of halogens is 1. The summed E-state index contributed by atoms with van der Waals surface area (Å²) in [6.07, 6.45) is 2.12. The molecule has 0 atom stereocenters. The molecule has 8 heteroatoms. The zero-order valence-electron chi connectivity index (χ0n) is 18.1. The third kappa shape index (κ3) is 10.6. The van der Waals surface area contributed by atoms with Gasteiger partial charge >= 0.3 is 6.09 Å². The highest BCUT2D eigenvalue weighted by molar-refractivity contribution is 14.0. The standard InChI is InChI=1S/C21H34N4O3.HI/c1-15-6-9-17(18(12-15)27-14-16-7-8-16)13-25-19(22-5)23-10-11-24-20(26)28-21(2,3)4;/h6,9,12,16H,7-8,10-11,13-14H2,1-5H3,(H,24,26)(H2,22,23,25);1H. The van der Waals surface area contributed by atoms with Gasteiger partial charge in [0.25, 0.3) is 0 Å². The number of carbonyl (C=O) groups excluding carboxylic acids is 1. The molecule has 0 aromatic heterocycles. The summed E-state index contributed by atoms with van der Waals surface area (Å²) in [5, 5.41) is 9.18. The van der Waals surface area contributed by atoms with E-state index in [0.717, 1.165) is 17.9 Å². The van der Waals surface area contributed by atoms with Gasteiger partial charge in [0.05, 0.1) is 6.61 Å². The van der Waals surface area contributed by atoms with Crippen LogP contribution in [0.15, 0.2) is 23.2 Å². The first-order valence-electron chi connectivity index (χ1n) is 9.90. The maximum absolute atomic E-state index is 11.6. The van der Waals surface area contributed by atoms with Gasteiger partial charge in [-0.1, -0.05) is 12.1 Å². The number of hydrogen-bond acceptors (Lipinski definition) is 4. The topological polar surface area (TPSA) is 84.0 Å². The lowest BCUT2D eigenvalue weighted by Gasteiger charge is -2.20. The van der Waals surface area contributed by atoms with E-state index in [1.807, 2.05) is 20.8 Å². The number of nitrogens with zero attached hydrogens (tertiary/aromatic N) is 1. The minimum Gasteiger partial charge on any atom is -0.493 e. The number of guanidine groups is 1. The van der Waals surface area contributed by atoms with Gasteiger partial charge in [0.2, 0.25) is 0 Å². The van der Waals surface area contributed by atoms with Gasteiger partial charge in [0, 0.05) is 32.2 Å². The number of hydrogen-bond donors (Lipinski definition) is 3.